The van der Waals surface area contributed by atoms with Crippen LogP contribution in [-0.2, 0) is 5.41 Å². The smallest absolute Gasteiger partial charge is 0.167 e. The Morgan fingerprint density at radius 1 is 0.420 bits per heavy atom. The fraction of sp³-hybridized carbons (Fsp3) is 0.0652. The fourth-order valence-corrected chi connectivity index (χ4v) is 7.89. The Kier molecular flexibility index (Phi) is 6.19. The van der Waals surface area contributed by atoms with E-state index in [4.69, 9.17) is 19.4 Å². The number of nitrogens with zero attached hydrogens (tertiary/aromatic N) is 3. The molecule has 0 radical (unpaired) electrons. The molecular weight excluding hydrogens is 611 g/mol. The number of hydrogen-bond acceptors (Lipinski definition) is 4. The quantitative estimate of drug-likeness (QED) is 0.192. The van der Waals surface area contributed by atoms with Crippen molar-refractivity contribution in [1.82, 2.24) is 15.0 Å². The molecule has 0 unspecified atom stereocenters. The highest BCUT2D eigenvalue weighted by molar-refractivity contribution is 6.09. The molecule has 9 aromatic rings. The Morgan fingerprint density at radius 2 is 1.00 bits per heavy atom. The van der Waals surface area contributed by atoms with Crippen molar-refractivity contribution in [1.29, 1.82) is 0 Å². The largest absolute Gasteiger partial charge is 0.455 e. The zero-order valence-corrected chi connectivity index (χ0v) is 27.7. The minimum Gasteiger partial charge on any atom is -0.455 e. The maximum Gasteiger partial charge on any atom is 0.167 e. The molecule has 1 aliphatic carbocycles. The molecule has 10 rings (SSSR count). The zero-order chi connectivity index (χ0) is 33.4. The Labute approximate surface area is 289 Å². The standard InChI is InChI=1S/C46H31N3O/c1-46(2)39-23-9-7-17-33(39)34-26-25-29(27-40(34)46)43-47-44(37-19-6-5-16-32(37)31-20-11-14-28-13-3-4-15-30(28)31)49-45(48-43)38-22-12-21-36-35-18-8-10-24-41(35)50-42(36)38/h3-27H,1-2H3. The molecule has 0 fully saturated rings. The van der Waals surface area contributed by atoms with E-state index < -0.39 is 0 Å². The molecule has 2 heterocycles. The molecule has 0 atom stereocenters. The normalized spacial score (nSPS) is 13.2. The van der Waals surface area contributed by atoms with E-state index in [0.717, 1.165) is 49.8 Å². The van der Waals surface area contributed by atoms with E-state index in [0.29, 0.717) is 17.5 Å². The number of furan rings is 1. The van der Waals surface area contributed by atoms with Crippen molar-refractivity contribution in [3.05, 3.63) is 163 Å². The van der Waals surface area contributed by atoms with Gasteiger partial charge in [-0.05, 0) is 62.4 Å². The predicted octanol–water partition coefficient (Wildman–Crippen LogP) is 11.9. The summed E-state index contributed by atoms with van der Waals surface area (Å²) in [5.74, 6) is 1.82. The number of rotatable bonds is 4. The highest BCUT2D eigenvalue weighted by atomic mass is 16.3. The van der Waals surface area contributed by atoms with Crippen LogP contribution in [0.5, 0.6) is 0 Å². The molecule has 0 amide bonds. The zero-order valence-electron chi connectivity index (χ0n) is 27.7. The number of aromatic nitrogens is 3. The van der Waals surface area contributed by atoms with Crippen LogP contribution < -0.4 is 0 Å². The van der Waals surface area contributed by atoms with Crippen molar-refractivity contribution in [3.63, 3.8) is 0 Å². The average molecular weight is 642 g/mol. The number of benzene rings is 7. The number of para-hydroxylation sites is 2. The third kappa shape index (κ3) is 4.28. The molecule has 4 nitrogen and oxygen atoms in total. The van der Waals surface area contributed by atoms with Gasteiger partial charge in [0.25, 0.3) is 0 Å². The van der Waals surface area contributed by atoms with Crippen molar-refractivity contribution in [2.75, 3.05) is 0 Å². The third-order valence-corrected chi connectivity index (χ3v) is 10.4. The van der Waals surface area contributed by atoms with Gasteiger partial charge in [-0.2, -0.15) is 0 Å². The lowest BCUT2D eigenvalue weighted by molar-refractivity contribution is 0.660. The van der Waals surface area contributed by atoms with Gasteiger partial charge in [0, 0.05) is 27.3 Å². The van der Waals surface area contributed by atoms with E-state index in [1.165, 1.54) is 33.0 Å². The maximum absolute atomic E-state index is 6.49. The van der Waals surface area contributed by atoms with E-state index in [1.807, 2.05) is 24.3 Å². The van der Waals surface area contributed by atoms with Crippen LogP contribution in [0.2, 0.25) is 0 Å². The minimum absolute atomic E-state index is 0.151. The van der Waals surface area contributed by atoms with Crippen molar-refractivity contribution in [2.45, 2.75) is 19.3 Å². The Morgan fingerprint density at radius 3 is 1.88 bits per heavy atom. The van der Waals surface area contributed by atoms with Gasteiger partial charge in [-0.25, -0.2) is 15.0 Å². The molecule has 0 aliphatic heterocycles. The van der Waals surface area contributed by atoms with Gasteiger partial charge in [0.05, 0.1) is 5.56 Å². The van der Waals surface area contributed by atoms with Crippen molar-refractivity contribution < 1.29 is 4.42 Å². The third-order valence-electron chi connectivity index (χ3n) is 10.4. The van der Waals surface area contributed by atoms with Gasteiger partial charge in [0.15, 0.2) is 17.5 Å². The van der Waals surface area contributed by atoms with Gasteiger partial charge < -0.3 is 4.42 Å². The van der Waals surface area contributed by atoms with Gasteiger partial charge in [-0.1, -0.05) is 147 Å². The lowest BCUT2D eigenvalue weighted by atomic mass is 9.82. The summed E-state index contributed by atoms with van der Waals surface area (Å²) in [5, 5.41) is 4.48. The lowest BCUT2D eigenvalue weighted by Gasteiger charge is -2.21. The molecule has 1 aliphatic rings. The van der Waals surface area contributed by atoms with Crippen LogP contribution in [0.3, 0.4) is 0 Å². The molecule has 0 N–H and O–H groups in total. The van der Waals surface area contributed by atoms with Crippen molar-refractivity contribution in [2.24, 2.45) is 0 Å². The Balaban J connectivity index is 1.23. The minimum atomic E-state index is -0.151. The first-order valence-electron chi connectivity index (χ1n) is 17.0. The highest BCUT2D eigenvalue weighted by Gasteiger charge is 2.35. The fourth-order valence-electron chi connectivity index (χ4n) is 7.89. The summed E-state index contributed by atoms with van der Waals surface area (Å²) in [5.41, 5.74) is 11.6. The Hall–Kier alpha value is -6.39. The van der Waals surface area contributed by atoms with Crippen LogP contribution in [0.1, 0.15) is 25.0 Å². The first kappa shape index (κ1) is 28.6. The average Bonchev–Trinajstić information content (AvgIpc) is 3.66. The SMILES string of the molecule is CC1(C)c2ccccc2-c2ccc(-c3nc(-c4ccccc4-c4cccc5ccccc45)nc(-c4cccc5c4oc4ccccc45)n3)cc21. The van der Waals surface area contributed by atoms with Crippen molar-refractivity contribution in [3.8, 4) is 56.4 Å². The van der Waals surface area contributed by atoms with Crippen LogP contribution in [0, 0.1) is 0 Å². The molecular formula is C46H31N3O. The van der Waals surface area contributed by atoms with Crippen molar-refractivity contribution >= 4 is 32.7 Å². The molecule has 50 heavy (non-hydrogen) atoms. The van der Waals surface area contributed by atoms with Gasteiger partial charge >= 0.3 is 0 Å². The van der Waals surface area contributed by atoms with Crippen LogP contribution in [-0.4, -0.2) is 15.0 Å². The van der Waals surface area contributed by atoms with Gasteiger partial charge in [-0.15, -0.1) is 0 Å². The summed E-state index contributed by atoms with van der Waals surface area (Å²) in [7, 11) is 0. The van der Waals surface area contributed by atoms with Crippen LogP contribution >= 0.6 is 0 Å². The molecule has 2 aromatic heterocycles. The molecule has 4 heteroatoms. The topological polar surface area (TPSA) is 51.8 Å². The number of hydrogen-bond donors (Lipinski definition) is 0. The van der Waals surface area contributed by atoms with E-state index in [2.05, 4.69) is 141 Å². The van der Waals surface area contributed by atoms with Gasteiger partial charge in [-0.3, -0.25) is 0 Å². The lowest BCUT2D eigenvalue weighted by Crippen LogP contribution is -2.15. The molecule has 0 spiro atoms. The monoisotopic (exact) mass is 641 g/mol. The summed E-state index contributed by atoms with van der Waals surface area (Å²) in [6.45, 7) is 4.60. The van der Waals surface area contributed by atoms with E-state index >= 15 is 0 Å². The molecule has 236 valence electrons. The first-order chi connectivity index (χ1) is 24.5. The molecule has 0 saturated heterocycles. The van der Waals surface area contributed by atoms with Crippen LogP contribution in [0.4, 0.5) is 0 Å². The number of fused-ring (bicyclic) bond motifs is 7. The van der Waals surface area contributed by atoms with Crippen LogP contribution in [0.15, 0.2) is 156 Å². The first-order valence-corrected chi connectivity index (χ1v) is 17.0. The van der Waals surface area contributed by atoms with Gasteiger partial charge in [0.2, 0.25) is 0 Å². The summed E-state index contributed by atoms with van der Waals surface area (Å²) >= 11 is 0. The van der Waals surface area contributed by atoms with E-state index in [-0.39, 0.29) is 5.41 Å². The van der Waals surface area contributed by atoms with E-state index in [1.54, 1.807) is 0 Å². The summed E-state index contributed by atoms with van der Waals surface area (Å²) in [6.07, 6.45) is 0. The summed E-state index contributed by atoms with van der Waals surface area (Å²) in [4.78, 5) is 15.7. The maximum atomic E-state index is 6.49. The van der Waals surface area contributed by atoms with Gasteiger partial charge in [0.1, 0.15) is 11.2 Å². The molecule has 0 bridgehead atoms. The molecule has 7 aromatic carbocycles. The summed E-state index contributed by atoms with van der Waals surface area (Å²) < 4.78 is 6.49. The second-order valence-corrected chi connectivity index (χ2v) is 13.6. The van der Waals surface area contributed by atoms with Crippen LogP contribution in [0.25, 0.3) is 89.1 Å². The Bertz CT molecular complexity index is 2800. The second kappa shape index (κ2) is 10.8. The molecule has 0 saturated carbocycles. The second-order valence-electron chi connectivity index (χ2n) is 13.6. The predicted molar refractivity (Wildman–Crippen MR) is 204 cm³/mol. The summed E-state index contributed by atoms with van der Waals surface area (Å²) in [6, 6.07) is 53.1. The van der Waals surface area contributed by atoms with E-state index in [9.17, 15) is 0 Å². The highest BCUT2D eigenvalue weighted by Crippen LogP contribution is 2.49.